The lowest BCUT2D eigenvalue weighted by molar-refractivity contribution is 0.198. The maximum atomic E-state index is 5.86. The molecule has 1 atom stereocenters. The summed E-state index contributed by atoms with van der Waals surface area (Å²) in [5.41, 5.74) is 0. The van der Waals surface area contributed by atoms with Crippen molar-refractivity contribution in [2.45, 2.75) is 19.9 Å². The van der Waals surface area contributed by atoms with Crippen molar-refractivity contribution in [2.24, 2.45) is 0 Å². The normalized spacial score (nSPS) is 21.1. The van der Waals surface area contributed by atoms with E-state index >= 15 is 0 Å². The first-order valence-corrected chi connectivity index (χ1v) is 6.46. The average molecular weight is 272 g/mol. The first-order chi connectivity index (χ1) is 8.63. The lowest BCUT2D eigenvalue weighted by atomic mass is 10.2. The first kappa shape index (κ1) is 13.3. The van der Waals surface area contributed by atoms with Crippen LogP contribution in [-0.2, 0) is 0 Å². The summed E-state index contributed by atoms with van der Waals surface area (Å²) >= 11 is 5.86. The van der Waals surface area contributed by atoms with Gasteiger partial charge < -0.3 is 9.64 Å². The third-order valence-electron chi connectivity index (χ3n) is 3.21. The molecule has 1 fully saturated rings. The van der Waals surface area contributed by atoms with E-state index in [1.807, 2.05) is 0 Å². The van der Waals surface area contributed by atoms with Gasteiger partial charge in [-0.3, -0.25) is 4.90 Å². The van der Waals surface area contributed by atoms with Crippen LogP contribution in [0.3, 0.4) is 0 Å². The molecular formula is C11H18ClN5O. The number of halogens is 1. The highest BCUT2D eigenvalue weighted by Gasteiger charge is 2.24. The quantitative estimate of drug-likeness (QED) is 0.820. The number of piperazine rings is 1. The van der Waals surface area contributed by atoms with Crippen LogP contribution >= 0.6 is 11.6 Å². The minimum Gasteiger partial charge on any atom is -0.467 e. The fourth-order valence-electron chi connectivity index (χ4n) is 2.20. The van der Waals surface area contributed by atoms with Gasteiger partial charge in [-0.25, -0.2) is 0 Å². The molecule has 0 spiro atoms. The third-order valence-corrected chi connectivity index (χ3v) is 3.38. The van der Waals surface area contributed by atoms with Crippen LogP contribution in [0.25, 0.3) is 0 Å². The zero-order valence-corrected chi connectivity index (χ0v) is 11.7. The van der Waals surface area contributed by atoms with Gasteiger partial charge in [0, 0.05) is 25.7 Å². The Labute approximate surface area is 112 Å². The standard InChI is InChI=1S/C11H18ClN5O/c1-4-16-5-6-17(7-8(16)2)10-13-9(12)14-11(15-10)18-3/h8H,4-7H2,1-3H3. The van der Waals surface area contributed by atoms with E-state index in [0.29, 0.717) is 12.0 Å². The molecule has 100 valence electrons. The van der Waals surface area contributed by atoms with Gasteiger partial charge >= 0.3 is 6.01 Å². The van der Waals surface area contributed by atoms with Gasteiger partial charge in [-0.15, -0.1) is 0 Å². The van der Waals surface area contributed by atoms with E-state index in [0.717, 1.165) is 26.2 Å². The van der Waals surface area contributed by atoms with Crippen molar-refractivity contribution in [1.29, 1.82) is 0 Å². The summed E-state index contributed by atoms with van der Waals surface area (Å²) < 4.78 is 5.01. The Morgan fingerprint density at radius 1 is 1.33 bits per heavy atom. The van der Waals surface area contributed by atoms with Crippen LogP contribution in [-0.4, -0.2) is 59.2 Å². The molecule has 0 bridgehead atoms. The molecule has 0 aromatic carbocycles. The van der Waals surface area contributed by atoms with Crippen LogP contribution in [0.4, 0.5) is 5.95 Å². The highest BCUT2D eigenvalue weighted by atomic mass is 35.5. The second-order valence-electron chi connectivity index (χ2n) is 4.31. The van der Waals surface area contributed by atoms with Crippen LogP contribution in [0.2, 0.25) is 5.28 Å². The molecule has 1 aliphatic heterocycles. The number of hydrogen-bond donors (Lipinski definition) is 0. The van der Waals surface area contributed by atoms with Gasteiger partial charge in [0.2, 0.25) is 11.2 Å². The number of anilines is 1. The first-order valence-electron chi connectivity index (χ1n) is 6.08. The molecular weight excluding hydrogens is 254 g/mol. The van der Waals surface area contributed by atoms with Crippen LogP contribution < -0.4 is 9.64 Å². The van der Waals surface area contributed by atoms with E-state index in [1.165, 1.54) is 7.11 Å². The van der Waals surface area contributed by atoms with Crippen molar-refractivity contribution < 1.29 is 4.74 Å². The molecule has 2 rings (SSSR count). The molecule has 1 aromatic heterocycles. The van der Waals surface area contributed by atoms with Crippen molar-refractivity contribution in [3.63, 3.8) is 0 Å². The monoisotopic (exact) mass is 271 g/mol. The fraction of sp³-hybridized carbons (Fsp3) is 0.727. The molecule has 0 amide bonds. The van der Waals surface area contributed by atoms with Gasteiger partial charge in [-0.05, 0) is 25.1 Å². The highest BCUT2D eigenvalue weighted by Crippen LogP contribution is 2.18. The maximum Gasteiger partial charge on any atom is 0.322 e. The van der Waals surface area contributed by atoms with Crippen molar-refractivity contribution in [3.05, 3.63) is 5.28 Å². The number of hydrogen-bond acceptors (Lipinski definition) is 6. The minimum absolute atomic E-state index is 0.169. The van der Waals surface area contributed by atoms with Gasteiger partial charge in [-0.1, -0.05) is 6.92 Å². The molecule has 0 radical (unpaired) electrons. The van der Waals surface area contributed by atoms with Crippen molar-refractivity contribution in [3.8, 4) is 6.01 Å². The predicted octanol–water partition coefficient (Wildman–Crippen LogP) is 1.06. The largest absolute Gasteiger partial charge is 0.467 e. The smallest absolute Gasteiger partial charge is 0.322 e. The Morgan fingerprint density at radius 3 is 2.72 bits per heavy atom. The third kappa shape index (κ3) is 2.81. The lowest BCUT2D eigenvalue weighted by Crippen LogP contribution is -2.52. The Balaban J connectivity index is 2.15. The number of ether oxygens (including phenoxy) is 1. The van der Waals surface area contributed by atoms with Crippen molar-refractivity contribution >= 4 is 17.5 Å². The molecule has 0 aliphatic carbocycles. The number of likely N-dealkylation sites (N-methyl/N-ethyl adjacent to an activating group) is 1. The zero-order valence-electron chi connectivity index (χ0n) is 10.9. The SMILES string of the molecule is CCN1CCN(c2nc(Cl)nc(OC)n2)CC1C. The highest BCUT2D eigenvalue weighted by molar-refractivity contribution is 6.28. The summed E-state index contributed by atoms with van der Waals surface area (Å²) in [5, 5.41) is 0.169. The van der Waals surface area contributed by atoms with E-state index in [9.17, 15) is 0 Å². The zero-order chi connectivity index (χ0) is 13.1. The molecule has 0 saturated carbocycles. The van der Waals surface area contributed by atoms with E-state index < -0.39 is 0 Å². The van der Waals surface area contributed by atoms with E-state index in [1.54, 1.807) is 0 Å². The topological polar surface area (TPSA) is 54.4 Å². The van der Waals surface area contributed by atoms with Crippen LogP contribution in [0, 0.1) is 0 Å². The summed E-state index contributed by atoms with van der Waals surface area (Å²) in [6, 6.07) is 0.737. The molecule has 1 saturated heterocycles. The Hall–Kier alpha value is -1.14. The lowest BCUT2D eigenvalue weighted by Gasteiger charge is -2.39. The van der Waals surface area contributed by atoms with Gasteiger partial charge in [0.05, 0.1) is 7.11 Å². The molecule has 1 aliphatic rings. The summed E-state index contributed by atoms with van der Waals surface area (Å²) in [6.07, 6.45) is 0. The molecule has 6 nitrogen and oxygen atoms in total. The molecule has 1 unspecified atom stereocenters. The van der Waals surface area contributed by atoms with Gasteiger partial charge in [0.25, 0.3) is 0 Å². The van der Waals surface area contributed by atoms with Crippen molar-refractivity contribution in [1.82, 2.24) is 19.9 Å². The second kappa shape index (κ2) is 5.67. The van der Waals surface area contributed by atoms with Crippen LogP contribution in [0.1, 0.15) is 13.8 Å². The van der Waals surface area contributed by atoms with Crippen molar-refractivity contribution in [2.75, 3.05) is 38.2 Å². The summed E-state index contributed by atoms with van der Waals surface area (Å²) in [5.74, 6) is 0.592. The Bertz CT molecular complexity index is 416. The van der Waals surface area contributed by atoms with E-state index in [2.05, 4.69) is 38.6 Å². The second-order valence-corrected chi connectivity index (χ2v) is 4.65. The number of aromatic nitrogens is 3. The van der Waals surface area contributed by atoms with E-state index in [-0.39, 0.29) is 11.3 Å². The summed E-state index contributed by atoms with van der Waals surface area (Å²) in [4.78, 5) is 16.8. The number of rotatable bonds is 3. The van der Waals surface area contributed by atoms with Gasteiger partial charge in [0.1, 0.15) is 0 Å². The predicted molar refractivity (Wildman–Crippen MR) is 70.3 cm³/mol. The fourth-order valence-corrected chi connectivity index (χ4v) is 2.35. The number of nitrogens with zero attached hydrogens (tertiary/aromatic N) is 5. The number of methoxy groups -OCH3 is 1. The Kier molecular flexibility index (Phi) is 4.19. The molecule has 0 N–H and O–H groups in total. The molecule has 2 heterocycles. The molecule has 1 aromatic rings. The van der Waals surface area contributed by atoms with Crippen LogP contribution in [0.15, 0.2) is 0 Å². The van der Waals surface area contributed by atoms with Gasteiger partial charge in [0.15, 0.2) is 0 Å². The summed E-state index contributed by atoms with van der Waals surface area (Å²) in [7, 11) is 1.52. The minimum atomic E-state index is 0.169. The van der Waals surface area contributed by atoms with E-state index in [4.69, 9.17) is 16.3 Å². The summed E-state index contributed by atoms with van der Waals surface area (Å²) in [6.45, 7) is 8.23. The molecule has 18 heavy (non-hydrogen) atoms. The van der Waals surface area contributed by atoms with Crippen LogP contribution in [0.5, 0.6) is 6.01 Å². The maximum absolute atomic E-state index is 5.86. The van der Waals surface area contributed by atoms with Gasteiger partial charge in [-0.2, -0.15) is 15.0 Å². The average Bonchev–Trinajstić information content (AvgIpc) is 2.37. The Morgan fingerprint density at radius 2 is 2.11 bits per heavy atom. The molecule has 7 heteroatoms.